The number of carbonyl (C=O) groups excluding carboxylic acids is 1. The van der Waals surface area contributed by atoms with Crippen molar-refractivity contribution in [2.45, 2.75) is 25.8 Å². The summed E-state index contributed by atoms with van der Waals surface area (Å²) in [5, 5.41) is 17.8. The molecule has 1 N–H and O–H groups in total. The molecule has 1 aromatic rings. The number of hydrogen-bond donors (Lipinski definition) is 1. The van der Waals surface area contributed by atoms with E-state index in [1.807, 2.05) is 37.3 Å². The summed E-state index contributed by atoms with van der Waals surface area (Å²) < 4.78 is 0. The topological polar surface area (TPSA) is 85.6 Å². The Morgan fingerprint density at radius 3 is 2.62 bits per heavy atom. The van der Waals surface area contributed by atoms with Gasteiger partial charge in [-0.3, -0.25) is 9.69 Å². The minimum atomic E-state index is -1.23. The molecular formula is C17H18N4O3. The SMILES string of the molecule is CC1CCC(N=Nc2ccccc2)=C2N(C)C=C(C(=O)O)C(=O)N21. The van der Waals surface area contributed by atoms with Gasteiger partial charge in [-0.1, -0.05) is 18.2 Å². The van der Waals surface area contributed by atoms with E-state index >= 15 is 0 Å². The molecule has 1 aromatic carbocycles. The Morgan fingerprint density at radius 2 is 1.96 bits per heavy atom. The molecule has 0 fully saturated rings. The molecule has 2 aliphatic rings. The van der Waals surface area contributed by atoms with Crippen LogP contribution in [0.3, 0.4) is 0 Å². The van der Waals surface area contributed by atoms with Crippen molar-refractivity contribution in [1.29, 1.82) is 0 Å². The van der Waals surface area contributed by atoms with Crippen LogP contribution in [0.4, 0.5) is 5.69 Å². The number of hydrogen-bond acceptors (Lipinski definition) is 5. The minimum Gasteiger partial charge on any atom is -0.477 e. The van der Waals surface area contributed by atoms with Crippen LogP contribution >= 0.6 is 0 Å². The summed E-state index contributed by atoms with van der Waals surface area (Å²) in [4.78, 5) is 26.9. The van der Waals surface area contributed by atoms with Crippen molar-refractivity contribution in [1.82, 2.24) is 9.80 Å². The molecule has 2 aliphatic heterocycles. The summed E-state index contributed by atoms with van der Waals surface area (Å²) >= 11 is 0. The fourth-order valence-electron chi connectivity index (χ4n) is 2.90. The molecule has 0 aromatic heterocycles. The number of amides is 1. The van der Waals surface area contributed by atoms with Crippen LogP contribution in [-0.2, 0) is 9.59 Å². The molecular weight excluding hydrogens is 308 g/mol. The standard InChI is InChI=1S/C17H18N4O3/c1-11-8-9-14(19-18-12-6-4-3-5-7-12)15-20(2)10-13(17(23)24)16(22)21(11)15/h3-7,10-11H,8-9H2,1-2H3,(H,23,24). The Balaban J connectivity index is 2.03. The van der Waals surface area contributed by atoms with Gasteiger partial charge in [-0.05, 0) is 31.9 Å². The maximum Gasteiger partial charge on any atom is 0.342 e. The van der Waals surface area contributed by atoms with E-state index in [0.29, 0.717) is 24.4 Å². The highest BCUT2D eigenvalue weighted by Crippen LogP contribution is 2.34. The highest BCUT2D eigenvalue weighted by Gasteiger charge is 2.39. The molecule has 0 saturated heterocycles. The average molecular weight is 326 g/mol. The zero-order valence-corrected chi connectivity index (χ0v) is 13.5. The van der Waals surface area contributed by atoms with Gasteiger partial charge < -0.3 is 10.0 Å². The van der Waals surface area contributed by atoms with Gasteiger partial charge in [0.25, 0.3) is 5.91 Å². The van der Waals surface area contributed by atoms with Crippen molar-refractivity contribution in [3.05, 3.63) is 53.6 Å². The van der Waals surface area contributed by atoms with Crippen molar-refractivity contribution >= 4 is 17.6 Å². The van der Waals surface area contributed by atoms with E-state index in [4.69, 9.17) is 0 Å². The van der Waals surface area contributed by atoms with E-state index in [0.717, 1.165) is 5.69 Å². The van der Waals surface area contributed by atoms with Crippen molar-refractivity contribution in [3.63, 3.8) is 0 Å². The predicted octanol–water partition coefficient (Wildman–Crippen LogP) is 2.86. The first kappa shape index (κ1) is 15.9. The molecule has 0 bridgehead atoms. The lowest BCUT2D eigenvalue weighted by molar-refractivity contribution is -0.139. The Kier molecular flexibility index (Phi) is 4.16. The number of allylic oxidation sites excluding steroid dienone is 1. The Bertz CT molecular complexity index is 767. The van der Waals surface area contributed by atoms with E-state index in [1.54, 1.807) is 11.9 Å². The molecule has 3 rings (SSSR count). The fraction of sp³-hybridized carbons (Fsp3) is 0.294. The monoisotopic (exact) mass is 326 g/mol. The average Bonchev–Trinajstić information content (AvgIpc) is 2.57. The molecule has 24 heavy (non-hydrogen) atoms. The molecule has 0 saturated carbocycles. The van der Waals surface area contributed by atoms with Crippen molar-refractivity contribution in [2.75, 3.05) is 7.05 Å². The van der Waals surface area contributed by atoms with Crippen LogP contribution in [0.2, 0.25) is 0 Å². The highest BCUT2D eigenvalue weighted by atomic mass is 16.4. The van der Waals surface area contributed by atoms with Gasteiger partial charge in [0.1, 0.15) is 17.1 Å². The van der Waals surface area contributed by atoms with Crippen LogP contribution in [0.25, 0.3) is 0 Å². The second kappa shape index (κ2) is 6.27. The van der Waals surface area contributed by atoms with E-state index in [2.05, 4.69) is 10.2 Å². The summed E-state index contributed by atoms with van der Waals surface area (Å²) in [6, 6.07) is 9.25. The largest absolute Gasteiger partial charge is 0.477 e. The lowest BCUT2D eigenvalue weighted by Crippen LogP contribution is -2.49. The Morgan fingerprint density at radius 1 is 1.25 bits per heavy atom. The second-order valence-corrected chi connectivity index (χ2v) is 5.83. The van der Waals surface area contributed by atoms with Crippen LogP contribution < -0.4 is 0 Å². The van der Waals surface area contributed by atoms with Gasteiger partial charge in [0, 0.05) is 19.3 Å². The number of benzene rings is 1. The van der Waals surface area contributed by atoms with E-state index in [-0.39, 0.29) is 11.6 Å². The third-order valence-corrected chi connectivity index (χ3v) is 4.10. The van der Waals surface area contributed by atoms with Gasteiger partial charge in [-0.25, -0.2) is 4.79 Å². The predicted molar refractivity (Wildman–Crippen MR) is 87.0 cm³/mol. The first-order valence-electron chi connectivity index (χ1n) is 7.70. The van der Waals surface area contributed by atoms with E-state index in [9.17, 15) is 14.7 Å². The van der Waals surface area contributed by atoms with Crippen molar-refractivity contribution in [2.24, 2.45) is 10.2 Å². The molecule has 124 valence electrons. The highest BCUT2D eigenvalue weighted by molar-refractivity contribution is 6.16. The fourth-order valence-corrected chi connectivity index (χ4v) is 2.90. The molecule has 7 heteroatoms. The minimum absolute atomic E-state index is 0.0892. The van der Waals surface area contributed by atoms with Gasteiger partial charge in [-0.2, -0.15) is 10.2 Å². The molecule has 0 spiro atoms. The second-order valence-electron chi connectivity index (χ2n) is 5.83. The third-order valence-electron chi connectivity index (χ3n) is 4.10. The van der Waals surface area contributed by atoms with Gasteiger partial charge in [0.05, 0.1) is 5.69 Å². The number of carboxylic acid groups (broad SMARTS) is 1. The summed E-state index contributed by atoms with van der Waals surface area (Å²) in [5.41, 5.74) is 1.16. The molecule has 1 atom stereocenters. The van der Waals surface area contributed by atoms with E-state index < -0.39 is 11.9 Å². The lowest BCUT2D eigenvalue weighted by atomic mass is 10.0. The lowest BCUT2D eigenvalue weighted by Gasteiger charge is -2.41. The number of rotatable bonds is 3. The first-order valence-corrected chi connectivity index (χ1v) is 7.70. The summed E-state index contributed by atoms with van der Waals surface area (Å²) in [6.07, 6.45) is 2.73. The Hall–Kier alpha value is -2.96. The van der Waals surface area contributed by atoms with Gasteiger partial charge in [-0.15, -0.1) is 0 Å². The maximum absolute atomic E-state index is 12.5. The molecule has 1 amide bonds. The number of carbonyl (C=O) groups is 2. The number of carboxylic acids is 1. The van der Waals surface area contributed by atoms with Gasteiger partial charge in [0.15, 0.2) is 0 Å². The molecule has 7 nitrogen and oxygen atoms in total. The van der Waals surface area contributed by atoms with Crippen LogP contribution in [0, 0.1) is 0 Å². The number of nitrogens with zero attached hydrogens (tertiary/aromatic N) is 4. The third kappa shape index (κ3) is 2.80. The normalized spacial score (nSPS) is 21.2. The van der Waals surface area contributed by atoms with Gasteiger partial charge in [0.2, 0.25) is 0 Å². The zero-order valence-electron chi connectivity index (χ0n) is 13.5. The molecule has 1 unspecified atom stereocenters. The molecule has 2 heterocycles. The van der Waals surface area contributed by atoms with Crippen molar-refractivity contribution in [3.8, 4) is 0 Å². The first-order chi connectivity index (χ1) is 11.5. The smallest absolute Gasteiger partial charge is 0.342 e. The number of aliphatic carboxylic acids is 1. The van der Waals surface area contributed by atoms with E-state index in [1.165, 1.54) is 11.1 Å². The zero-order chi connectivity index (χ0) is 17.3. The quantitative estimate of drug-likeness (QED) is 0.683. The summed E-state index contributed by atoms with van der Waals surface area (Å²) in [7, 11) is 1.72. The van der Waals surface area contributed by atoms with Crippen molar-refractivity contribution < 1.29 is 14.7 Å². The van der Waals surface area contributed by atoms with Crippen LogP contribution in [0.5, 0.6) is 0 Å². The van der Waals surface area contributed by atoms with Gasteiger partial charge >= 0.3 is 5.97 Å². The maximum atomic E-state index is 12.5. The Labute approximate surface area is 139 Å². The molecule has 0 aliphatic carbocycles. The summed E-state index contributed by atoms with van der Waals surface area (Å²) in [5.74, 6) is -1.13. The number of fused-ring (bicyclic) bond motifs is 1. The van der Waals surface area contributed by atoms with Crippen LogP contribution in [0.1, 0.15) is 19.8 Å². The summed E-state index contributed by atoms with van der Waals surface area (Å²) in [6.45, 7) is 1.90. The van der Waals surface area contributed by atoms with Crippen LogP contribution in [0.15, 0.2) is 63.9 Å². The molecule has 0 radical (unpaired) electrons. The van der Waals surface area contributed by atoms with Crippen LogP contribution in [-0.4, -0.2) is 39.9 Å². The number of azo groups is 1.